The zero-order valence-electron chi connectivity index (χ0n) is 13.8. The first-order chi connectivity index (χ1) is 9.37. The molecule has 4 rings (SSSR count). The summed E-state index contributed by atoms with van der Waals surface area (Å²) < 4.78 is 0. The average Bonchev–Trinajstić information content (AvgIpc) is 2.58. The smallest absolute Gasteiger partial charge is 0.0200 e. The molecule has 0 amide bonds. The molecule has 20 heavy (non-hydrogen) atoms. The highest BCUT2D eigenvalue weighted by Crippen LogP contribution is 2.72. The van der Waals surface area contributed by atoms with E-state index in [2.05, 4.69) is 27.4 Å². The normalized spacial score (nSPS) is 53.4. The maximum Gasteiger partial charge on any atom is -0.0200 e. The van der Waals surface area contributed by atoms with Crippen molar-refractivity contribution < 1.29 is 0 Å². The third-order valence-electron chi connectivity index (χ3n) is 8.36. The minimum absolute atomic E-state index is 0.584. The topological polar surface area (TPSA) is 0 Å². The summed E-state index contributed by atoms with van der Waals surface area (Å²) in [6.07, 6.45) is 13.3. The molecule has 0 saturated heterocycles. The van der Waals surface area contributed by atoms with Crippen LogP contribution in [0.15, 0.2) is 12.2 Å². The summed E-state index contributed by atoms with van der Waals surface area (Å²) in [5.41, 5.74) is 3.51. The summed E-state index contributed by atoms with van der Waals surface area (Å²) >= 11 is 0. The molecular weight excluding hydrogens is 240 g/mol. The van der Waals surface area contributed by atoms with E-state index >= 15 is 0 Å². The first kappa shape index (κ1) is 13.4. The Balaban J connectivity index is 1.74. The van der Waals surface area contributed by atoms with Gasteiger partial charge in [0, 0.05) is 0 Å². The van der Waals surface area contributed by atoms with Gasteiger partial charge in [0.05, 0.1) is 0 Å². The van der Waals surface area contributed by atoms with Crippen molar-refractivity contribution >= 4 is 0 Å². The molecule has 1 spiro atoms. The van der Waals surface area contributed by atoms with E-state index in [9.17, 15) is 0 Å². The fourth-order valence-corrected chi connectivity index (χ4v) is 7.68. The molecule has 112 valence electrons. The van der Waals surface area contributed by atoms with Crippen molar-refractivity contribution in [1.29, 1.82) is 0 Å². The van der Waals surface area contributed by atoms with Crippen LogP contribution in [-0.4, -0.2) is 0 Å². The van der Waals surface area contributed by atoms with Crippen LogP contribution < -0.4 is 0 Å². The number of fused-ring (bicyclic) bond motifs is 3. The molecule has 5 atom stereocenters. The molecule has 2 bridgehead atoms. The van der Waals surface area contributed by atoms with Crippen LogP contribution in [0.5, 0.6) is 0 Å². The van der Waals surface area contributed by atoms with E-state index < -0.39 is 0 Å². The van der Waals surface area contributed by atoms with Crippen molar-refractivity contribution in [2.45, 2.75) is 78.6 Å². The molecule has 0 unspecified atom stereocenters. The zero-order valence-corrected chi connectivity index (χ0v) is 13.8. The minimum Gasteiger partial charge on any atom is -0.0996 e. The van der Waals surface area contributed by atoms with E-state index in [0.29, 0.717) is 16.2 Å². The second-order valence-corrected chi connectivity index (χ2v) is 9.67. The monoisotopic (exact) mass is 272 g/mol. The summed E-state index contributed by atoms with van der Waals surface area (Å²) in [7, 11) is 0. The number of rotatable bonds is 0. The Labute approximate surface area is 125 Å². The zero-order chi connectivity index (χ0) is 14.2. The molecule has 4 saturated carbocycles. The Morgan fingerprint density at radius 2 is 1.75 bits per heavy atom. The maximum atomic E-state index is 4.44. The van der Waals surface area contributed by atoms with Gasteiger partial charge in [-0.2, -0.15) is 0 Å². The summed E-state index contributed by atoms with van der Waals surface area (Å²) in [6.45, 7) is 12.2. The molecule has 0 aromatic rings. The van der Waals surface area contributed by atoms with Gasteiger partial charge in [0.2, 0.25) is 0 Å². The van der Waals surface area contributed by atoms with Gasteiger partial charge < -0.3 is 0 Å². The number of allylic oxidation sites excluding steroid dienone is 1. The minimum atomic E-state index is 0.584. The number of hydrogen-bond acceptors (Lipinski definition) is 0. The Bertz CT molecular complexity index is 445. The maximum absolute atomic E-state index is 4.44. The van der Waals surface area contributed by atoms with Gasteiger partial charge in [-0.05, 0) is 85.4 Å². The lowest BCUT2D eigenvalue weighted by Crippen LogP contribution is -2.55. The van der Waals surface area contributed by atoms with Crippen molar-refractivity contribution in [2.24, 2.45) is 34.0 Å². The van der Waals surface area contributed by atoms with E-state index in [-0.39, 0.29) is 0 Å². The quantitative estimate of drug-likeness (QED) is 0.476. The average molecular weight is 272 g/mol. The highest BCUT2D eigenvalue weighted by atomic mass is 14.7. The molecule has 4 aliphatic carbocycles. The summed E-state index contributed by atoms with van der Waals surface area (Å²) in [4.78, 5) is 0. The van der Waals surface area contributed by atoms with Gasteiger partial charge in [0.25, 0.3) is 0 Å². The third-order valence-corrected chi connectivity index (χ3v) is 8.36. The van der Waals surface area contributed by atoms with E-state index in [1.165, 1.54) is 57.8 Å². The SMILES string of the molecule is C=C1C[C@@]23CC[C@@H]4C(C)(C)CCC[C@@]4(C)[C@H]2CC[C@@H]1C3. The fourth-order valence-electron chi connectivity index (χ4n) is 7.68. The van der Waals surface area contributed by atoms with E-state index in [0.717, 1.165) is 17.8 Å². The molecule has 0 heterocycles. The predicted molar refractivity (Wildman–Crippen MR) is 85.5 cm³/mol. The third kappa shape index (κ3) is 1.54. The molecule has 0 aromatic carbocycles. The standard InChI is InChI=1S/C20H32/c1-14-12-20-11-8-16-18(2,3)9-5-10-19(16,4)17(20)7-6-15(14)13-20/h15-17H,1,5-13H2,2-4H3/t15-,16-,17-,19-,20-/m1/s1. The van der Waals surface area contributed by atoms with E-state index in [1.807, 2.05) is 0 Å². The Kier molecular flexibility index (Phi) is 2.63. The molecule has 0 heteroatoms. The molecule has 4 aliphatic rings. The van der Waals surface area contributed by atoms with Crippen LogP contribution in [0.4, 0.5) is 0 Å². The summed E-state index contributed by atoms with van der Waals surface area (Å²) in [6, 6.07) is 0. The highest BCUT2D eigenvalue weighted by molar-refractivity contribution is 5.22. The van der Waals surface area contributed by atoms with Gasteiger partial charge in [0.15, 0.2) is 0 Å². The first-order valence-electron chi connectivity index (χ1n) is 9.05. The van der Waals surface area contributed by atoms with Gasteiger partial charge in [-0.25, -0.2) is 0 Å². The van der Waals surface area contributed by atoms with Gasteiger partial charge in [-0.1, -0.05) is 39.3 Å². The van der Waals surface area contributed by atoms with Crippen LogP contribution >= 0.6 is 0 Å². The second kappa shape index (κ2) is 3.93. The molecule has 4 fully saturated rings. The predicted octanol–water partition coefficient (Wildman–Crippen LogP) is 5.98. The molecule has 0 aromatic heterocycles. The molecule has 0 radical (unpaired) electrons. The van der Waals surface area contributed by atoms with Crippen LogP contribution in [0.25, 0.3) is 0 Å². The summed E-state index contributed by atoms with van der Waals surface area (Å²) in [5.74, 6) is 2.87. The van der Waals surface area contributed by atoms with Gasteiger partial charge in [0.1, 0.15) is 0 Å². The lowest BCUT2D eigenvalue weighted by molar-refractivity contribution is -0.144. The lowest BCUT2D eigenvalue weighted by Gasteiger charge is -2.64. The molecule has 0 nitrogen and oxygen atoms in total. The Hall–Kier alpha value is -0.260. The Morgan fingerprint density at radius 3 is 2.55 bits per heavy atom. The Morgan fingerprint density at radius 1 is 0.950 bits per heavy atom. The van der Waals surface area contributed by atoms with Crippen LogP contribution in [0.3, 0.4) is 0 Å². The van der Waals surface area contributed by atoms with Crippen molar-refractivity contribution in [3.8, 4) is 0 Å². The van der Waals surface area contributed by atoms with Crippen LogP contribution in [0.2, 0.25) is 0 Å². The van der Waals surface area contributed by atoms with E-state index in [1.54, 1.807) is 5.57 Å². The molecular formula is C20H32. The van der Waals surface area contributed by atoms with Gasteiger partial charge in [-0.15, -0.1) is 0 Å². The lowest BCUT2D eigenvalue weighted by atomic mass is 9.41. The highest BCUT2D eigenvalue weighted by Gasteiger charge is 2.62. The van der Waals surface area contributed by atoms with Crippen LogP contribution in [0.1, 0.15) is 78.6 Å². The van der Waals surface area contributed by atoms with Gasteiger partial charge >= 0.3 is 0 Å². The van der Waals surface area contributed by atoms with Crippen LogP contribution in [0, 0.1) is 34.0 Å². The number of hydrogen-bond donors (Lipinski definition) is 0. The molecule has 0 N–H and O–H groups in total. The van der Waals surface area contributed by atoms with Crippen molar-refractivity contribution in [3.63, 3.8) is 0 Å². The second-order valence-electron chi connectivity index (χ2n) is 9.67. The first-order valence-corrected chi connectivity index (χ1v) is 9.05. The van der Waals surface area contributed by atoms with Crippen molar-refractivity contribution in [2.75, 3.05) is 0 Å². The van der Waals surface area contributed by atoms with Crippen molar-refractivity contribution in [1.82, 2.24) is 0 Å². The molecule has 0 aliphatic heterocycles. The summed E-state index contributed by atoms with van der Waals surface area (Å²) in [5, 5.41) is 0. The fraction of sp³-hybridized carbons (Fsp3) is 0.900. The largest absolute Gasteiger partial charge is 0.0996 e. The van der Waals surface area contributed by atoms with Crippen LogP contribution in [-0.2, 0) is 0 Å². The van der Waals surface area contributed by atoms with Crippen molar-refractivity contribution in [3.05, 3.63) is 12.2 Å². The van der Waals surface area contributed by atoms with Gasteiger partial charge in [-0.3, -0.25) is 0 Å². The van der Waals surface area contributed by atoms with E-state index in [4.69, 9.17) is 0 Å².